The lowest BCUT2D eigenvalue weighted by Gasteiger charge is -2.18. The minimum absolute atomic E-state index is 0.323. The number of nitrogens with zero attached hydrogens (tertiary/aromatic N) is 1. The lowest BCUT2D eigenvalue weighted by atomic mass is 9.93. The Morgan fingerprint density at radius 2 is 1.44 bits per heavy atom. The monoisotopic (exact) mass is 299 g/mol. The number of rotatable bonds is 1. The van der Waals surface area contributed by atoms with Crippen LogP contribution in [0.5, 0.6) is 0 Å². The van der Waals surface area contributed by atoms with Crippen LogP contribution in [-0.2, 0) is 9.59 Å². The van der Waals surface area contributed by atoms with Crippen LogP contribution in [0.4, 0.5) is 0 Å². The van der Waals surface area contributed by atoms with Gasteiger partial charge in [-0.2, -0.15) is 0 Å². The van der Waals surface area contributed by atoms with Crippen molar-refractivity contribution in [2.75, 3.05) is 0 Å². The zero-order valence-corrected chi connectivity index (χ0v) is 11.2. The van der Waals surface area contributed by atoms with Crippen molar-refractivity contribution in [2.24, 2.45) is 0 Å². The molecule has 2 aliphatic rings. The molecule has 0 N–H and O–H groups in total. The normalized spacial score (nSPS) is 21.8. The van der Waals surface area contributed by atoms with Gasteiger partial charge in [0.1, 0.15) is 0 Å². The van der Waals surface area contributed by atoms with Crippen molar-refractivity contribution in [1.29, 1.82) is 0 Å². The molecule has 0 saturated heterocycles. The summed E-state index contributed by atoms with van der Waals surface area (Å²) in [6.45, 7) is 0. The van der Waals surface area contributed by atoms with Gasteiger partial charge in [0.05, 0.1) is 0 Å². The summed E-state index contributed by atoms with van der Waals surface area (Å²) in [7, 11) is 0. The number of halogens is 3. The molecule has 3 nitrogen and oxygen atoms in total. The van der Waals surface area contributed by atoms with Gasteiger partial charge in [0.2, 0.25) is 0 Å². The van der Waals surface area contributed by atoms with Crippen LogP contribution >= 0.6 is 46.8 Å². The summed E-state index contributed by atoms with van der Waals surface area (Å²) in [5, 5.41) is 0. The van der Waals surface area contributed by atoms with Crippen molar-refractivity contribution in [3.63, 3.8) is 0 Å². The molecule has 0 spiro atoms. The number of hydrogen-bond acceptors (Lipinski definition) is 3. The third kappa shape index (κ3) is 2.35. The largest absolute Gasteiger partial charge is 0.268 e. The molecule has 0 saturated carbocycles. The van der Waals surface area contributed by atoms with E-state index in [0.29, 0.717) is 35.9 Å². The van der Waals surface area contributed by atoms with Crippen LogP contribution in [0.15, 0.2) is 11.1 Å². The highest BCUT2D eigenvalue weighted by molar-refractivity contribution is 8.03. The highest BCUT2D eigenvalue weighted by Crippen LogP contribution is 2.45. The van der Waals surface area contributed by atoms with Crippen molar-refractivity contribution in [1.82, 2.24) is 4.31 Å². The second-order valence-corrected chi connectivity index (χ2v) is 7.72. The number of alkyl halides is 3. The van der Waals surface area contributed by atoms with E-state index in [1.165, 1.54) is 0 Å². The maximum Gasteiger partial charge on any atom is 0.267 e. The maximum atomic E-state index is 11.9. The van der Waals surface area contributed by atoms with Gasteiger partial charge < -0.3 is 0 Å². The highest BCUT2D eigenvalue weighted by atomic mass is 35.6. The fraction of sp³-hybridized carbons (Fsp3) is 0.556. The summed E-state index contributed by atoms with van der Waals surface area (Å²) in [6, 6.07) is 0. The van der Waals surface area contributed by atoms with Crippen LogP contribution in [0.3, 0.4) is 0 Å². The third-order valence-electron chi connectivity index (χ3n) is 2.55. The van der Waals surface area contributed by atoms with Crippen molar-refractivity contribution in [3.8, 4) is 0 Å². The van der Waals surface area contributed by atoms with Gasteiger partial charge in [-0.3, -0.25) is 9.59 Å². The summed E-state index contributed by atoms with van der Waals surface area (Å²) in [6.07, 6.45) is 3.17. The van der Waals surface area contributed by atoms with Gasteiger partial charge in [0.15, 0.2) is 0 Å². The molecule has 16 heavy (non-hydrogen) atoms. The first kappa shape index (κ1) is 12.6. The molecule has 0 unspecified atom stereocenters. The third-order valence-corrected chi connectivity index (χ3v) is 3.89. The zero-order chi connectivity index (χ0) is 11.9. The maximum absolute atomic E-state index is 11.9. The van der Waals surface area contributed by atoms with Gasteiger partial charge in [-0.1, -0.05) is 34.8 Å². The molecule has 0 radical (unpaired) electrons. The Morgan fingerprint density at radius 3 is 1.81 bits per heavy atom. The van der Waals surface area contributed by atoms with Crippen molar-refractivity contribution in [3.05, 3.63) is 11.1 Å². The van der Waals surface area contributed by atoms with Crippen LogP contribution < -0.4 is 0 Å². The molecule has 0 aromatic rings. The van der Waals surface area contributed by atoms with Crippen LogP contribution in [0.25, 0.3) is 0 Å². The van der Waals surface area contributed by atoms with Gasteiger partial charge in [-0.05, 0) is 25.7 Å². The number of imide groups is 1. The quantitative estimate of drug-likeness (QED) is 0.424. The fourth-order valence-corrected chi connectivity index (χ4v) is 3.12. The minimum Gasteiger partial charge on any atom is -0.268 e. The fourth-order valence-electron chi connectivity index (χ4n) is 1.90. The van der Waals surface area contributed by atoms with E-state index in [2.05, 4.69) is 0 Å². The number of carbonyl (C=O) groups excluding carboxylic acids is 2. The Hall–Kier alpha value is 0.1000. The molecule has 2 rings (SSSR count). The summed E-state index contributed by atoms with van der Waals surface area (Å²) in [4.78, 5) is 23.8. The first-order valence-corrected chi connectivity index (χ1v) is 6.67. The second-order valence-electron chi connectivity index (χ2n) is 3.61. The van der Waals surface area contributed by atoms with Crippen LogP contribution in [0.1, 0.15) is 25.7 Å². The second kappa shape index (κ2) is 4.41. The Morgan fingerprint density at radius 1 is 1.00 bits per heavy atom. The van der Waals surface area contributed by atoms with Crippen molar-refractivity contribution >= 4 is 58.6 Å². The Labute approximate surface area is 112 Å². The first-order valence-electron chi connectivity index (χ1n) is 4.77. The van der Waals surface area contributed by atoms with Crippen LogP contribution in [0, 0.1) is 0 Å². The van der Waals surface area contributed by atoms with E-state index in [4.69, 9.17) is 34.8 Å². The van der Waals surface area contributed by atoms with Crippen LogP contribution in [-0.4, -0.2) is 19.2 Å². The predicted molar refractivity (Wildman–Crippen MR) is 65.2 cm³/mol. The van der Waals surface area contributed by atoms with Gasteiger partial charge in [-0.25, -0.2) is 4.31 Å². The molecule has 88 valence electrons. The average Bonchev–Trinajstić information content (AvgIpc) is 2.43. The predicted octanol–water partition coefficient (Wildman–Crippen LogP) is 3.20. The Kier molecular flexibility index (Phi) is 3.46. The first-order chi connectivity index (χ1) is 7.40. The standard InChI is InChI=1S/C9H8Cl3NO2S/c10-9(11,12)16-13-7(14)5-3-1-2-4-6(5)8(13)15/h1-4H2. The molecular formula is C9H8Cl3NO2S. The van der Waals surface area contributed by atoms with E-state index < -0.39 is 3.12 Å². The van der Waals surface area contributed by atoms with E-state index in [1.807, 2.05) is 0 Å². The van der Waals surface area contributed by atoms with Gasteiger partial charge in [0, 0.05) is 23.1 Å². The highest BCUT2D eigenvalue weighted by Gasteiger charge is 2.42. The molecule has 0 bridgehead atoms. The van der Waals surface area contributed by atoms with Crippen molar-refractivity contribution in [2.45, 2.75) is 28.8 Å². The van der Waals surface area contributed by atoms with Gasteiger partial charge in [0.25, 0.3) is 14.9 Å². The summed E-state index contributed by atoms with van der Waals surface area (Å²) < 4.78 is -0.733. The zero-order valence-electron chi connectivity index (χ0n) is 8.13. The van der Waals surface area contributed by atoms with Crippen LogP contribution in [0.2, 0.25) is 0 Å². The summed E-state index contributed by atoms with van der Waals surface area (Å²) in [5.41, 5.74) is 1.19. The number of amides is 2. The minimum atomic E-state index is -1.69. The Bertz CT molecular complexity index is 361. The molecule has 1 aliphatic heterocycles. The SMILES string of the molecule is O=C1C2=C(CCCC2)C(=O)N1SC(Cl)(Cl)Cl. The molecular weight excluding hydrogens is 293 g/mol. The smallest absolute Gasteiger partial charge is 0.267 e. The van der Waals surface area contributed by atoms with E-state index in [9.17, 15) is 9.59 Å². The average molecular weight is 301 g/mol. The summed E-state index contributed by atoms with van der Waals surface area (Å²) >= 11 is 17.3. The van der Waals surface area contributed by atoms with Gasteiger partial charge >= 0.3 is 0 Å². The molecule has 1 heterocycles. The molecule has 1 aliphatic carbocycles. The van der Waals surface area contributed by atoms with E-state index in [0.717, 1.165) is 17.1 Å². The van der Waals surface area contributed by atoms with E-state index >= 15 is 0 Å². The molecule has 0 aromatic heterocycles. The number of hydrogen-bond donors (Lipinski definition) is 0. The molecule has 7 heteroatoms. The van der Waals surface area contributed by atoms with E-state index in [-0.39, 0.29) is 11.8 Å². The molecule has 0 fully saturated rings. The van der Waals surface area contributed by atoms with Crippen molar-refractivity contribution < 1.29 is 9.59 Å². The summed E-state index contributed by atoms with van der Waals surface area (Å²) in [5.74, 6) is -0.646. The lowest BCUT2D eigenvalue weighted by molar-refractivity contribution is -0.131. The Balaban J connectivity index is 2.22. The molecule has 0 atom stereocenters. The number of carbonyl (C=O) groups is 2. The van der Waals surface area contributed by atoms with E-state index in [1.54, 1.807) is 0 Å². The topological polar surface area (TPSA) is 37.4 Å². The molecule has 2 amide bonds. The van der Waals surface area contributed by atoms with Gasteiger partial charge in [-0.15, -0.1) is 0 Å². The lowest BCUT2D eigenvalue weighted by Crippen LogP contribution is -2.27. The molecule has 0 aromatic carbocycles.